The molecule has 3 aromatic rings. The van der Waals surface area contributed by atoms with Crippen LogP contribution < -0.4 is 16.0 Å². The number of benzene rings is 2. The van der Waals surface area contributed by atoms with Gasteiger partial charge in [0.05, 0.1) is 22.8 Å². The van der Waals surface area contributed by atoms with Gasteiger partial charge in [-0.2, -0.15) is 0 Å². The largest absolute Gasteiger partial charge is 0.355 e. The molecule has 216 valence electrons. The van der Waals surface area contributed by atoms with E-state index in [2.05, 4.69) is 153 Å². The Kier molecular flexibility index (Phi) is 6.94. The van der Waals surface area contributed by atoms with E-state index in [4.69, 9.17) is 9.98 Å². The summed E-state index contributed by atoms with van der Waals surface area (Å²) < 4.78 is 1.26. The zero-order chi connectivity index (χ0) is 30.0. The normalized spacial score (nSPS) is 26.5. The first-order valence-corrected chi connectivity index (χ1v) is 16.2. The van der Waals surface area contributed by atoms with Crippen molar-refractivity contribution in [2.24, 2.45) is 15.4 Å². The number of hydrogen-bond acceptors (Lipinski definition) is 3. The minimum Gasteiger partial charge on any atom is -0.355 e. The first-order valence-electron chi connectivity index (χ1n) is 15.1. The molecule has 0 aliphatic carbocycles. The number of aryl methyl sites for hydroxylation is 4. The number of halogens is 1. The summed E-state index contributed by atoms with van der Waals surface area (Å²) in [6, 6.07) is 18.2. The van der Waals surface area contributed by atoms with Gasteiger partial charge in [-0.3, -0.25) is 0 Å². The summed E-state index contributed by atoms with van der Waals surface area (Å²) in [5.41, 5.74) is 13.5. The third kappa shape index (κ3) is 5.06. The zero-order valence-electron chi connectivity index (χ0n) is 25.6. The molecule has 0 saturated carbocycles. The lowest BCUT2D eigenvalue weighted by molar-refractivity contribution is 0.367. The highest BCUT2D eigenvalue weighted by atomic mass is 127. The van der Waals surface area contributed by atoms with Crippen molar-refractivity contribution in [3.8, 4) is 0 Å². The first-order chi connectivity index (χ1) is 20.6. The maximum atomic E-state index is 5.37. The molecule has 2 N–H and O–H groups in total. The number of nitrogens with one attached hydrogen (secondary N) is 2. The van der Waals surface area contributed by atoms with Gasteiger partial charge in [0.1, 0.15) is 0 Å². The van der Waals surface area contributed by atoms with Crippen molar-refractivity contribution in [1.82, 2.24) is 10.3 Å². The van der Waals surface area contributed by atoms with Gasteiger partial charge in [-0.05, 0) is 127 Å². The summed E-state index contributed by atoms with van der Waals surface area (Å²) in [5.74, 6) is 0. The second-order valence-electron chi connectivity index (χ2n) is 13.1. The van der Waals surface area contributed by atoms with E-state index in [0.29, 0.717) is 0 Å². The number of rotatable bonds is 2. The van der Waals surface area contributed by atoms with Gasteiger partial charge in [0.15, 0.2) is 0 Å². The molecule has 1 fully saturated rings. The highest BCUT2D eigenvalue weighted by Crippen LogP contribution is 2.41. The molecule has 8 bridgehead atoms. The smallest absolute Gasteiger partial charge is 0.0746 e. The second kappa shape index (κ2) is 10.6. The van der Waals surface area contributed by atoms with Crippen LogP contribution in [0.1, 0.15) is 53.6 Å². The second-order valence-corrected chi connectivity index (χ2v) is 14.2. The molecule has 0 amide bonds. The van der Waals surface area contributed by atoms with Gasteiger partial charge in [-0.25, -0.2) is 9.98 Å². The van der Waals surface area contributed by atoms with Crippen LogP contribution in [-0.4, -0.2) is 28.5 Å². The van der Waals surface area contributed by atoms with Crippen molar-refractivity contribution < 1.29 is 0 Å². The Bertz CT molecular complexity index is 1970. The van der Waals surface area contributed by atoms with Gasteiger partial charge in [-0.1, -0.05) is 61.4 Å². The molecule has 5 heteroatoms. The summed E-state index contributed by atoms with van der Waals surface area (Å²) in [6.45, 7) is 13.4. The SMILES string of the molecule is Cc1ccc(C2=c3cc/c([nH]3)=C/C3NC(CC3(C)C)/C(I)=C3/C=CC(=N3)/C(c3c(C)cc(C)cc3C)=C3/C=CC2=N3)cc1. The van der Waals surface area contributed by atoms with Crippen LogP contribution in [0.15, 0.2) is 97.8 Å². The summed E-state index contributed by atoms with van der Waals surface area (Å²) in [5, 5.41) is 6.13. The monoisotopic (exact) mass is 676 g/mol. The number of hydrogen-bond donors (Lipinski definition) is 2. The zero-order valence-corrected chi connectivity index (χ0v) is 27.8. The molecule has 4 aliphatic rings. The average molecular weight is 677 g/mol. The molecule has 43 heavy (non-hydrogen) atoms. The van der Waals surface area contributed by atoms with E-state index in [1.807, 2.05) is 0 Å². The number of aliphatic imine (C=N–C) groups is 2. The number of nitrogens with zero attached hydrogens (tertiary/aromatic N) is 2. The van der Waals surface area contributed by atoms with E-state index >= 15 is 0 Å². The lowest BCUT2D eigenvalue weighted by atomic mass is 9.83. The van der Waals surface area contributed by atoms with Crippen LogP contribution in [0.5, 0.6) is 0 Å². The Balaban J connectivity index is 1.55. The van der Waals surface area contributed by atoms with Crippen LogP contribution in [0, 0.1) is 33.1 Å². The number of aromatic amines is 1. The fourth-order valence-corrected chi connectivity index (χ4v) is 7.70. The molecule has 0 spiro atoms. The van der Waals surface area contributed by atoms with Crippen LogP contribution in [-0.2, 0) is 0 Å². The molecule has 1 aromatic heterocycles. The average Bonchev–Trinajstić information content (AvgIpc) is 3.75. The van der Waals surface area contributed by atoms with Crippen molar-refractivity contribution in [3.63, 3.8) is 0 Å². The van der Waals surface area contributed by atoms with Gasteiger partial charge in [0.2, 0.25) is 0 Å². The summed E-state index contributed by atoms with van der Waals surface area (Å²) in [6.07, 6.45) is 12.1. The molecule has 5 heterocycles. The van der Waals surface area contributed by atoms with Crippen molar-refractivity contribution >= 4 is 51.2 Å². The standard InChI is InChI=1S/C38H37IN4/c1-21-7-9-25(10-8-21)35-27-12-11-26(40-27)19-33-38(5,6)20-32(43-33)37(39)31-16-15-30(42-31)36(29-14-13-28(35)41-29)34-23(3)17-22(2)18-24(34)4/h7-19,32-33,40,43H,20H2,1-6H3/b26-19-,35-27?,36-29+,37-31+. The third-order valence-electron chi connectivity index (χ3n) is 9.14. The molecule has 2 unspecified atom stereocenters. The molecule has 1 saturated heterocycles. The Labute approximate surface area is 267 Å². The highest BCUT2D eigenvalue weighted by Gasteiger charge is 2.40. The molecular weight excluding hydrogens is 639 g/mol. The minimum atomic E-state index is 0.0917. The lowest BCUT2D eigenvalue weighted by Crippen LogP contribution is -2.34. The molecule has 7 rings (SSSR count). The molecule has 2 atom stereocenters. The van der Waals surface area contributed by atoms with Gasteiger partial charge in [0.25, 0.3) is 0 Å². The Morgan fingerprint density at radius 2 is 1.42 bits per heavy atom. The predicted molar refractivity (Wildman–Crippen MR) is 189 cm³/mol. The Morgan fingerprint density at radius 3 is 2.14 bits per heavy atom. The van der Waals surface area contributed by atoms with Crippen molar-refractivity contribution in [3.05, 3.63) is 132 Å². The van der Waals surface area contributed by atoms with Crippen molar-refractivity contribution in [2.75, 3.05) is 0 Å². The van der Waals surface area contributed by atoms with Gasteiger partial charge >= 0.3 is 0 Å². The minimum absolute atomic E-state index is 0.0917. The molecule has 4 aliphatic heterocycles. The van der Waals surface area contributed by atoms with E-state index in [-0.39, 0.29) is 17.5 Å². The molecule has 2 aromatic carbocycles. The third-order valence-corrected chi connectivity index (χ3v) is 10.4. The number of aromatic nitrogens is 1. The first kappa shape index (κ1) is 28.2. The fourth-order valence-electron chi connectivity index (χ4n) is 7.00. The quantitative estimate of drug-likeness (QED) is 0.281. The van der Waals surface area contributed by atoms with E-state index < -0.39 is 0 Å². The van der Waals surface area contributed by atoms with Gasteiger partial charge < -0.3 is 10.3 Å². The molecule has 0 radical (unpaired) electrons. The molecular formula is C38H37IN4. The summed E-state index contributed by atoms with van der Waals surface area (Å²) in [4.78, 5) is 14.4. The molecule has 4 nitrogen and oxygen atoms in total. The number of fused-ring (bicyclic) bond motifs is 6. The predicted octanol–water partition coefficient (Wildman–Crippen LogP) is 7.08. The van der Waals surface area contributed by atoms with E-state index in [1.165, 1.54) is 31.4 Å². The maximum Gasteiger partial charge on any atom is 0.0746 e. The Hall–Kier alpha value is -3.55. The summed E-state index contributed by atoms with van der Waals surface area (Å²) >= 11 is 2.52. The van der Waals surface area contributed by atoms with Crippen LogP contribution in [0.4, 0.5) is 0 Å². The maximum absolute atomic E-state index is 5.37. The van der Waals surface area contributed by atoms with Crippen LogP contribution in [0.2, 0.25) is 0 Å². The van der Waals surface area contributed by atoms with Gasteiger partial charge in [0, 0.05) is 37.5 Å². The van der Waals surface area contributed by atoms with E-state index in [1.54, 1.807) is 0 Å². The number of H-pyrrole nitrogens is 1. The topological polar surface area (TPSA) is 52.5 Å². The number of allylic oxidation sites excluding steroid dienone is 5. The van der Waals surface area contributed by atoms with Gasteiger partial charge in [-0.15, -0.1) is 0 Å². The van der Waals surface area contributed by atoms with Crippen LogP contribution in [0.25, 0.3) is 17.2 Å². The van der Waals surface area contributed by atoms with Crippen molar-refractivity contribution in [1.29, 1.82) is 0 Å². The fraction of sp³-hybridized carbons (Fsp3) is 0.263. The van der Waals surface area contributed by atoms with Crippen molar-refractivity contribution in [2.45, 2.75) is 60.0 Å². The van der Waals surface area contributed by atoms with E-state index in [9.17, 15) is 0 Å². The highest BCUT2D eigenvalue weighted by molar-refractivity contribution is 14.1. The Morgan fingerprint density at radius 1 is 0.767 bits per heavy atom. The summed E-state index contributed by atoms with van der Waals surface area (Å²) in [7, 11) is 0. The van der Waals surface area contributed by atoms with E-state index in [0.717, 1.165) is 56.6 Å². The van der Waals surface area contributed by atoms with Crippen LogP contribution >= 0.6 is 22.6 Å². The van der Waals surface area contributed by atoms with Crippen LogP contribution in [0.3, 0.4) is 0 Å². The lowest BCUT2D eigenvalue weighted by Gasteiger charge is -2.23.